The lowest BCUT2D eigenvalue weighted by Gasteiger charge is -2.10. The standard InChI is InChI=1S/C27H19N9O/c28-24-21-16-30-36(25(21)29-17-35(24)34-26(37)20-14-8-3-9-15-20)27-31-22(18-10-4-1-5-11-18)23(32-33-27)19-12-6-2-7-13-19/h1-17,28H,(H,34,37). The lowest BCUT2D eigenvalue weighted by atomic mass is 10.0. The molecule has 0 aliphatic heterocycles. The Hall–Kier alpha value is -5.51. The van der Waals surface area contributed by atoms with Gasteiger partial charge in [0.05, 0.1) is 11.6 Å². The van der Waals surface area contributed by atoms with Crippen molar-refractivity contribution < 1.29 is 4.79 Å². The van der Waals surface area contributed by atoms with Crippen LogP contribution in [-0.2, 0) is 0 Å². The second-order valence-corrected chi connectivity index (χ2v) is 8.10. The molecule has 0 radical (unpaired) electrons. The van der Waals surface area contributed by atoms with Crippen molar-refractivity contribution in [2.45, 2.75) is 0 Å². The summed E-state index contributed by atoms with van der Waals surface area (Å²) in [5.41, 5.74) is 6.57. The summed E-state index contributed by atoms with van der Waals surface area (Å²) < 4.78 is 2.68. The van der Waals surface area contributed by atoms with E-state index in [9.17, 15) is 4.79 Å². The zero-order chi connectivity index (χ0) is 25.2. The Kier molecular flexibility index (Phi) is 5.51. The molecule has 6 aromatic rings. The van der Waals surface area contributed by atoms with Gasteiger partial charge in [0.15, 0.2) is 11.1 Å². The van der Waals surface area contributed by atoms with Gasteiger partial charge >= 0.3 is 0 Å². The fourth-order valence-corrected chi connectivity index (χ4v) is 3.92. The number of nitrogens with zero attached hydrogens (tertiary/aromatic N) is 7. The molecule has 6 rings (SSSR count). The van der Waals surface area contributed by atoms with Gasteiger partial charge in [-0.3, -0.25) is 15.6 Å². The van der Waals surface area contributed by atoms with Crippen LogP contribution in [0.1, 0.15) is 10.4 Å². The van der Waals surface area contributed by atoms with Crippen LogP contribution < -0.4 is 10.9 Å². The number of amides is 1. The Bertz CT molecular complexity index is 1780. The molecule has 0 fully saturated rings. The van der Waals surface area contributed by atoms with Crippen LogP contribution in [0.2, 0.25) is 0 Å². The Morgan fingerprint density at radius 2 is 1.41 bits per heavy atom. The number of benzene rings is 3. The van der Waals surface area contributed by atoms with Crippen LogP contribution in [0.5, 0.6) is 0 Å². The molecule has 178 valence electrons. The van der Waals surface area contributed by atoms with Crippen molar-refractivity contribution in [2.24, 2.45) is 0 Å². The Morgan fingerprint density at radius 3 is 2.08 bits per heavy atom. The van der Waals surface area contributed by atoms with Crippen LogP contribution in [0.25, 0.3) is 39.5 Å². The molecule has 0 unspecified atom stereocenters. The Labute approximate surface area is 210 Å². The molecule has 37 heavy (non-hydrogen) atoms. The van der Waals surface area contributed by atoms with Crippen LogP contribution in [0.3, 0.4) is 0 Å². The van der Waals surface area contributed by atoms with Gasteiger partial charge in [0.2, 0.25) is 0 Å². The van der Waals surface area contributed by atoms with Crippen molar-refractivity contribution in [1.82, 2.24) is 34.6 Å². The first-order valence-corrected chi connectivity index (χ1v) is 11.4. The van der Waals surface area contributed by atoms with E-state index in [0.717, 1.165) is 11.1 Å². The highest BCUT2D eigenvalue weighted by molar-refractivity contribution is 6.00. The normalized spacial score (nSPS) is 10.9. The highest BCUT2D eigenvalue weighted by Gasteiger charge is 2.18. The summed E-state index contributed by atoms with van der Waals surface area (Å²) in [6.45, 7) is 0. The third-order valence-corrected chi connectivity index (χ3v) is 5.75. The van der Waals surface area contributed by atoms with Crippen molar-refractivity contribution in [1.29, 1.82) is 5.41 Å². The summed E-state index contributed by atoms with van der Waals surface area (Å²) in [7, 11) is 0. The van der Waals surface area contributed by atoms with Gasteiger partial charge in [-0.2, -0.15) is 9.78 Å². The van der Waals surface area contributed by atoms with Crippen LogP contribution in [0, 0.1) is 5.41 Å². The van der Waals surface area contributed by atoms with Crippen LogP contribution in [-0.4, -0.2) is 40.5 Å². The molecule has 1 amide bonds. The number of rotatable bonds is 5. The number of hydrogen-bond acceptors (Lipinski definition) is 7. The summed E-state index contributed by atoms with van der Waals surface area (Å²) in [4.78, 5) is 21.8. The van der Waals surface area contributed by atoms with Crippen molar-refractivity contribution in [3.63, 3.8) is 0 Å². The first-order valence-electron chi connectivity index (χ1n) is 11.4. The fourth-order valence-electron chi connectivity index (χ4n) is 3.92. The number of hydrogen-bond donors (Lipinski definition) is 2. The van der Waals surface area contributed by atoms with E-state index >= 15 is 0 Å². The number of nitrogens with one attached hydrogen (secondary N) is 2. The Morgan fingerprint density at radius 1 is 0.784 bits per heavy atom. The van der Waals surface area contributed by atoms with E-state index in [0.29, 0.717) is 28.0 Å². The molecule has 3 aromatic carbocycles. The molecule has 0 aliphatic rings. The molecule has 0 spiro atoms. The molecule has 10 nitrogen and oxygen atoms in total. The molecular weight excluding hydrogens is 466 g/mol. The second-order valence-electron chi connectivity index (χ2n) is 8.10. The summed E-state index contributed by atoms with van der Waals surface area (Å²) in [6.07, 6.45) is 2.85. The maximum atomic E-state index is 12.6. The van der Waals surface area contributed by atoms with E-state index in [1.54, 1.807) is 24.3 Å². The molecule has 10 heteroatoms. The minimum absolute atomic E-state index is 0.0117. The molecule has 0 atom stereocenters. The van der Waals surface area contributed by atoms with Gasteiger partial charge in [0.25, 0.3) is 11.9 Å². The number of carbonyl (C=O) groups excluding carboxylic acids is 1. The predicted molar refractivity (Wildman–Crippen MR) is 137 cm³/mol. The SMILES string of the molecule is N=c1c2cnn(-c3nnc(-c4ccccc4)c(-c4ccccc4)n3)c2ncn1NC(=O)c1ccccc1. The number of aromatic nitrogens is 7. The van der Waals surface area contributed by atoms with E-state index in [2.05, 4.69) is 25.7 Å². The maximum Gasteiger partial charge on any atom is 0.272 e. The highest BCUT2D eigenvalue weighted by Crippen LogP contribution is 2.28. The van der Waals surface area contributed by atoms with Gasteiger partial charge in [0, 0.05) is 16.7 Å². The summed E-state index contributed by atoms with van der Waals surface area (Å²) in [5.74, 6) is -0.143. The van der Waals surface area contributed by atoms with E-state index < -0.39 is 0 Å². The first kappa shape index (κ1) is 22.0. The fraction of sp³-hybridized carbons (Fsp3) is 0. The van der Waals surface area contributed by atoms with Gasteiger partial charge in [-0.05, 0) is 12.1 Å². The molecule has 0 aliphatic carbocycles. The minimum atomic E-state index is -0.357. The quantitative estimate of drug-likeness (QED) is 0.384. The van der Waals surface area contributed by atoms with Gasteiger partial charge in [-0.25, -0.2) is 14.6 Å². The lowest BCUT2D eigenvalue weighted by Crippen LogP contribution is -2.33. The molecule has 0 saturated carbocycles. The molecule has 2 N–H and O–H groups in total. The zero-order valence-corrected chi connectivity index (χ0v) is 19.4. The molecule has 0 saturated heterocycles. The maximum absolute atomic E-state index is 12.6. The lowest BCUT2D eigenvalue weighted by molar-refractivity contribution is 0.101. The van der Waals surface area contributed by atoms with Crippen LogP contribution >= 0.6 is 0 Å². The zero-order valence-electron chi connectivity index (χ0n) is 19.4. The van der Waals surface area contributed by atoms with Crippen molar-refractivity contribution in [3.05, 3.63) is 115 Å². The number of fused-ring (bicyclic) bond motifs is 1. The second kappa shape index (κ2) is 9.27. The van der Waals surface area contributed by atoms with Gasteiger partial charge < -0.3 is 0 Å². The molecule has 3 aromatic heterocycles. The van der Waals surface area contributed by atoms with E-state index in [4.69, 9.17) is 10.4 Å². The van der Waals surface area contributed by atoms with Crippen LogP contribution in [0.4, 0.5) is 0 Å². The summed E-state index contributed by atoms with van der Waals surface area (Å²) >= 11 is 0. The van der Waals surface area contributed by atoms with Crippen molar-refractivity contribution in [3.8, 4) is 28.5 Å². The third-order valence-electron chi connectivity index (χ3n) is 5.75. The predicted octanol–water partition coefficient (Wildman–Crippen LogP) is 3.60. The Balaban J connectivity index is 1.42. The van der Waals surface area contributed by atoms with Crippen LogP contribution in [0.15, 0.2) is 104 Å². The van der Waals surface area contributed by atoms with E-state index in [1.807, 2.05) is 66.7 Å². The van der Waals surface area contributed by atoms with Crippen molar-refractivity contribution in [2.75, 3.05) is 5.43 Å². The van der Waals surface area contributed by atoms with Gasteiger partial charge in [0.1, 0.15) is 17.7 Å². The minimum Gasteiger partial charge on any atom is -0.282 e. The van der Waals surface area contributed by atoms with Gasteiger partial charge in [-0.1, -0.05) is 78.9 Å². The third kappa shape index (κ3) is 4.12. The molecular formula is C27H19N9O. The largest absolute Gasteiger partial charge is 0.282 e. The van der Waals surface area contributed by atoms with Gasteiger partial charge in [-0.15, -0.1) is 10.2 Å². The van der Waals surface area contributed by atoms with E-state index in [-0.39, 0.29) is 17.3 Å². The monoisotopic (exact) mass is 485 g/mol. The average Bonchev–Trinajstić information content (AvgIpc) is 3.40. The summed E-state index contributed by atoms with van der Waals surface area (Å²) in [5, 5.41) is 22.2. The molecule has 3 heterocycles. The smallest absolute Gasteiger partial charge is 0.272 e. The van der Waals surface area contributed by atoms with E-state index in [1.165, 1.54) is 21.9 Å². The van der Waals surface area contributed by atoms with Crippen molar-refractivity contribution >= 4 is 16.9 Å². The average molecular weight is 486 g/mol. The highest BCUT2D eigenvalue weighted by atomic mass is 16.2. The first-order chi connectivity index (χ1) is 18.2. The summed E-state index contributed by atoms with van der Waals surface area (Å²) in [6, 6.07) is 28.2. The molecule has 0 bridgehead atoms. The number of carbonyl (C=O) groups is 1. The topological polar surface area (TPSA) is 127 Å².